The zero-order chi connectivity index (χ0) is 18.4. The molecule has 2 saturated heterocycles. The van der Waals surface area contributed by atoms with Crippen LogP contribution in [0.1, 0.15) is 42.5 Å². The second-order valence-electron chi connectivity index (χ2n) is 7.27. The first kappa shape index (κ1) is 18.8. The third kappa shape index (κ3) is 5.04. The highest BCUT2D eigenvalue weighted by atomic mass is 19.1. The molecule has 2 amide bonds. The summed E-state index contributed by atoms with van der Waals surface area (Å²) in [6.45, 7) is 4.58. The number of hydrogen-bond donors (Lipinski definition) is 1. The molecule has 2 aliphatic heterocycles. The first-order valence-electron chi connectivity index (χ1n) is 9.67. The summed E-state index contributed by atoms with van der Waals surface area (Å²) in [4.78, 5) is 28.8. The Morgan fingerprint density at radius 1 is 1.00 bits per heavy atom. The summed E-state index contributed by atoms with van der Waals surface area (Å²) in [7, 11) is 0. The van der Waals surface area contributed by atoms with Crippen LogP contribution in [0.15, 0.2) is 24.3 Å². The molecule has 0 radical (unpaired) electrons. The van der Waals surface area contributed by atoms with E-state index in [4.69, 9.17) is 0 Å². The highest BCUT2D eigenvalue weighted by Gasteiger charge is 2.23. The summed E-state index contributed by atoms with van der Waals surface area (Å²) < 4.78 is 13.0. The number of benzene rings is 1. The standard InChI is InChI=1S/C20H28FN3O2/c21-18-5-3-17(4-6-18)20(26)24-13-1-12-23(14-15-24)19(25)7-2-16-8-10-22-11-9-16/h3-6,16,22H,1-2,7-15H2. The number of piperidine rings is 1. The Hall–Kier alpha value is -1.95. The van der Waals surface area contributed by atoms with Crippen LogP contribution in [0, 0.1) is 11.7 Å². The molecule has 142 valence electrons. The van der Waals surface area contributed by atoms with Crippen LogP contribution in [0.3, 0.4) is 0 Å². The topological polar surface area (TPSA) is 52.7 Å². The van der Waals surface area contributed by atoms with Gasteiger partial charge in [-0.15, -0.1) is 0 Å². The monoisotopic (exact) mass is 361 g/mol. The summed E-state index contributed by atoms with van der Waals surface area (Å²) in [5.41, 5.74) is 0.497. The minimum Gasteiger partial charge on any atom is -0.341 e. The Labute approximate surface area is 154 Å². The number of carbonyl (C=O) groups excluding carboxylic acids is 2. The summed E-state index contributed by atoms with van der Waals surface area (Å²) in [5.74, 6) is 0.431. The van der Waals surface area contributed by atoms with Gasteiger partial charge in [0.15, 0.2) is 0 Å². The first-order valence-corrected chi connectivity index (χ1v) is 9.67. The second-order valence-corrected chi connectivity index (χ2v) is 7.27. The van der Waals surface area contributed by atoms with Gasteiger partial charge in [0.2, 0.25) is 5.91 Å². The number of hydrogen-bond acceptors (Lipinski definition) is 3. The van der Waals surface area contributed by atoms with E-state index in [0.717, 1.165) is 38.8 Å². The van der Waals surface area contributed by atoms with E-state index in [1.807, 2.05) is 4.90 Å². The molecule has 0 saturated carbocycles. The number of halogens is 1. The van der Waals surface area contributed by atoms with Gasteiger partial charge in [-0.3, -0.25) is 9.59 Å². The van der Waals surface area contributed by atoms with Gasteiger partial charge in [-0.05, 0) is 69.0 Å². The van der Waals surface area contributed by atoms with E-state index in [9.17, 15) is 14.0 Å². The molecule has 1 N–H and O–H groups in total. The van der Waals surface area contributed by atoms with Crippen molar-refractivity contribution in [3.05, 3.63) is 35.6 Å². The third-order valence-electron chi connectivity index (χ3n) is 5.45. The molecule has 0 atom stereocenters. The smallest absolute Gasteiger partial charge is 0.253 e. The zero-order valence-electron chi connectivity index (χ0n) is 15.3. The Morgan fingerprint density at radius 3 is 2.38 bits per heavy atom. The zero-order valence-corrected chi connectivity index (χ0v) is 15.3. The quantitative estimate of drug-likeness (QED) is 0.895. The molecule has 0 spiro atoms. The van der Waals surface area contributed by atoms with Crippen molar-refractivity contribution in [3.63, 3.8) is 0 Å². The minimum atomic E-state index is -0.345. The highest BCUT2D eigenvalue weighted by molar-refractivity contribution is 5.94. The van der Waals surface area contributed by atoms with Gasteiger partial charge in [0, 0.05) is 38.2 Å². The van der Waals surface area contributed by atoms with Crippen molar-refractivity contribution < 1.29 is 14.0 Å². The average molecular weight is 361 g/mol. The van der Waals surface area contributed by atoms with Gasteiger partial charge in [-0.25, -0.2) is 4.39 Å². The minimum absolute atomic E-state index is 0.0889. The number of amides is 2. The van der Waals surface area contributed by atoms with Crippen LogP contribution in [0.4, 0.5) is 4.39 Å². The van der Waals surface area contributed by atoms with Crippen LogP contribution in [-0.4, -0.2) is 60.9 Å². The van der Waals surface area contributed by atoms with Gasteiger partial charge in [-0.2, -0.15) is 0 Å². The summed E-state index contributed by atoms with van der Waals surface area (Å²) >= 11 is 0. The normalized spacial score (nSPS) is 19.3. The maximum atomic E-state index is 13.0. The fourth-order valence-corrected chi connectivity index (χ4v) is 3.80. The lowest BCUT2D eigenvalue weighted by atomic mass is 9.93. The fraction of sp³-hybridized carbons (Fsp3) is 0.600. The summed E-state index contributed by atoms with van der Waals surface area (Å²) in [5, 5.41) is 3.35. The van der Waals surface area contributed by atoms with E-state index in [2.05, 4.69) is 5.32 Å². The van der Waals surface area contributed by atoms with Crippen molar-refractivity contribution >= 4 is 11.8 Å². The van der Waals surface area contributed by atoms with Crippen molar-refractivity contribution in [1.82, 2.24) is 15.1 Å². The van der Waals surface area contributed by atoms with E-state index < -0.39 is 0 Å². The maximum Gasteiger partial charge on any atom is 0.253 e. The molecule has 0 aliphatic carbocycles. The van der Waals surface area contributed by atoms with E-state index >= 15 is 0 Å². The van der Waals surface area contributed by atoms with Crippen LogP contribution >= 0.6 is 0 Å². The summed E-state index contributed by atoms with van der Waals surface area (Å²) in [6, 6.07) is 5.65. The second kappa shape index (κ2) is 9.12. The molecule has 2 heterocycles. The van der Waals surface area contributed by atoms with Gasteiger partial charge < -0.3 is 15.1 Å². The van der Waals surface area contributed by atoms with Gasteiger partial charge in [-0.1, -0.05) is 0 Å². The molecule has 1 aromatic carbocycles. The Balaban J connectivity index is 1.48. The van der Waals surface area contributed by atoms with Crippen molar-refractivity contribution in [1.29, 1.82) is 0 Å². The van der Waals surface area contributed by atoms with E-state index in [0.29, 0.717) is 44.1 Å². The van der Waals surface area contributed by atoms with Gasteiger partial charge >= 0.3 is 0 Å². The Morgan fingerprint density at radius 2 is 1.65 bits per heavy atom. The summed E-state index contributed by atoms with van der Waals surface area (Å²) in [6.07, 6.45) is 4.68. The molecule has 2 aliphatic rings. The van der Waals surface area contributed by atoms with Crippen LogP contribution < -0.4 is 5.32 Å². The van der Waals surface area contributed by atoms with Crippen LogP contribution in [0.5, 0.6) is 0 Å². The predicted molar refractivity (Wildman–Crippen MR) is 98.3 cm³/mol. The van der Waals surface area contributed by atoms with E-state index in [-0.39, 0.29) is 17.6 Å². The van der Waals surface area contributed by atoms with Crippen LogP contribution in [0.25, 0.3) is 0 Å². The average Bonchev–Trinajstić information content (AvgIpc) is 2.93. The van der Waals surface area contributed by atoms with Gasteiger partial charge in [0.05, 0.1) is 0 Å². The lowest BCUT2D eigenvalue weighted by molar-refractivity contribution is -0.131. The lowest BCUT2D eigenvalue weighted by Crippen LogP contribution is -2.37. The molecule has 0 unspecified atom stereocenters. The maximum absolute atomic E-state index is 13.0. The molecule has 0 aromatic heterocycles. The fourth-order valence-electron chi connectivity index (χ4n) is 3.80. The van der Waals surface area contributed by atoms with E-state index in [1.165, 1.54) is 24.3 Å². The van der Waals surface area contributed by atoms with E-state index in [1.54, 1.807) is 4.90 Å². The molecule has 6 heteroatoms. The van der Waals surface area contributed by atoms with Crippen LogP contribution in [0.2, 0.25) is 0 Å². The largest absolute Gasteiger partial charge is 0.341 e. The number of nitrogens with one attached hydrogen (secondary N) is 1. The molecule has 3 rings (SSSR count). The SMILES string of the molecule is O=C(CCC1CCNCC1)N1CCCN(C(=O)c2ccc(F)cc2)CC1. The predicted octanol–water partition coefficient (Wildman–Crippen LogP) is 2.28. The molecule has 26 heavy (non-hydrogen) atoms. The lowest BCUT2D eigenvalue weighted by Gasteiger charge is -2.25. The molecule has 0 bridgehead atoms. The highest BCUT2D eigenvalue weighted by Crippen LogP contribution is 2.19. The molecule has 2 fully saturated rings. The molecular weight excluding hydrogens is 333 g/mol. The van der Waals surface area contributed by atoms with Gasteiger partial charge in [0.25, 0.3) is 5.91 Å². The van der Waals surface area contributed by atoms with Crippen LogP contribution in [-0.2, 0) is 4.79 Å². The number of carbonyl (C=O) groups is 2. The van der Waals surface area contributed by atoms with Crippen molar-refractivity contribution in [2.45, 2.75) is 32.1 Å². The molecule has 5 nitrogen and oxygen atoms in total. The van der Waals surface area contributed by atoms with Crippen molar-refractivity contribution in [2.24, 2.45) is 5.92 Å². The molecule has 1 aromatic rings. The first-order chi connectivity index (χ1) is 12.6. The number of nitrogens with zero attached hydrogens (tertiary/aromatic N) is 2. The van der Waals surface area contributed by atoms with Crippen molar-refractivity contribution in [2.75, 3.05) is 39.3 Å². The Bertz CT molecular complexity index is 614. The van der Waals surface area contributed by atoms with Gasteiger partial charge in [0.1, 0.15) is 5.82 Å². The van der Waals surface area contributed by atoms with Crippen molar-refractivity contribution in [3.8, 4) is 0 Å². The Kier molecular flexibility index (Phi) is 6.61. The third-order valence-corrected chi connectivity index (χ3v) is 5.45. The molecular formula is C20H28FN3O2. The number of rotatable bonds is 4.